The Morgan fingerprint density at radius 2 is 2.24 bits per heavy atom. The van der Waals surface area contributed by atoms with Gasteiger partial charge in [-0.3, -0.25) is 4.79 Å². The Kier molecular flexibility index (Phi) is 5.84. The lowest BCUT2D eigenvalue weighted by molar-refractivity contribution is -0.137. The smallest absolute Gasteiger partial charge is 0.321 e. The van der Waals surface area contributed by atoms with Crippen molar-refractivity contribution in [2.75, 3.05) is 18.4 Å². The van der Waals surface area contributed by atoms with Gasteiger partial charge in [-0.2, -0.15) is 0 Å². The molecule has 0 aromatic heterocycles. The van der Waals surface area contributed by atoms with Gasteiger partial charge in [-0.05, 0) is 66.0 Å². The molecule has 1 aliphatic rings. The van der Waals surface area contributed by atoms with Gasteiger partial charge >= 0.3 is 12.0 Å². The molecule has 0 radical (unpaired) electrons. The number of anilines is 1. The highest BCUT2D eigenvalue weighted by Gasteiger charge is 2.24. The van der Waals surface area contributed by atoms with E-state index in [2.05, 4.69) is 27.9 Å². The molecule has 0 saturated carbocycles. The molecule has 1 atom stereocenters. The van der Waals surface area contributed by atoms with E-state index >= 15 is 0 Å². The minimum atomic E-state index is -0.768. The number of carboxylic acids is 1. The van der Waals surface area contributed by atoms with Crippen LogP contribution in [0.5, 0.6) is 0 Å². The number of hydrogen-bond donors (Lipinski definition) is 2. The fraction of sp³-hybridized carbons (Fsp3) is 0.467. The van der Waals surface area contributed by atoms with Crippen LogP contribution in [-0.2, 0) is 4.79 Å². The summed E-state index contributed by atoms with van der Waals surface area (Å²) in [6.07, 6.45) is 2.75. The van der Waals surface area contributed by atoms with Gasteiger partial charge in [0, 0.05) is 28.8 Å². The number of piperidine rings is 1. The first-order chi connectivity index (χ1) is 10.0. The number of aliphatic carboxylic acids is 1. The van der Waals surface area contributed by atoms with E-state index in [0.29, 0.717) is 13.0 Å². The van der Waals surface area contributed by atoms with Gasteiger partial charge in [0.25, 0.3) is 0 Å². The predicted octanol–water partition coefficient (Wildman–Crippen LogP) is 3.40. The maximum atomic E-state index is 12.3. The van der Waals surface area contributed by atoms with Crippen molar-refractivity contribution in [3.63, 3.8) is 0 Å². The quantitative estimate of drug-likeness (QED) is 0.759. The first-order valence-corrected chi connectivity index (χ1v) is 8.16. The van der Waals surface area contributed by atoms with E-state index < -0.39 is 5.97 Å². The maximum absolute atomic E-state index is 12.3. The normalized spacial score (nSPS) is 18.3. The number of nitrogens with one attached hydrogen (secondary N) is 1. The number of carbonyl (C=O) groups excluding carboxylic acids is 1. The fourth-order valence-corrected chi connectivity index (χ4v) is 3.12. The van der Waals surface area contributed by atoms with Gasteiger partial charge < -0.3 is 15.3 Å². The third-order valence-electron chi connectivity index (χ3n) is 3.65. The van der Waals surface area contributed by atoms with Crippen molar-refractivity contribution in [1.82, 2.24) is 4.90 Å². The van der Waals surface area contributed by atoms with Gasteiger partial charge in [0.05, 0.1) is 0 Å². The average Bonchev–Trinajstić information content (AvgIpc) is 2.45. The van der Waals surface area contributed by atoms with E-state index in [1.54, 1.807) is 4.90 Å². The molecule has 6 heteroatoms. The zero-order valence-electron chi connectivity index (χ0n) is 11.7. The van der Waals surface area contributed by atoms with Crippen LogP contribution in [0.2, 0.25) is 0 Å². The molecule has 1 saturated heterocycles. The molecule has 0 bridgehead atoms. The van der Waals surface area contributed by atoms with Crippen LogP contribution in [0.15, 0.2) is 24.3 Å². The van der Waals surface area contributed by atoms with Crippen molar-refractivity contribution in [2.45, 2.75) is 25.7 Å². The number of hydrogen-bond acceptors (Lipinski definition) is 2. The van der Waals surface area contributed by atoms with Crippen LogP contribution in [0.1, 0.15) is 25.7 Å². The molecule has 1 aromatic carbocycles. The van der Waals surface area contributed by atoms with Crippen molar-refractivity contribution in [3.05, 3.63) is 27.8 Å². The number of amides is 2. The number of benzene rings is 1. The van der Waals surface area contributed by atoms with Gasteiger partial charge in [-0.1, -0.05) is 6.07 Å². The molecule has 21 heavy (non-hydrogen) atoms. The molecule has 1 aliphatic heterocycles. The van der Waals surface area contributed by atoms with E-state index in [1.807, 2.05) is 24.3 Å². The summed E-state index contributed by atoms with van der Waals surface area (Å²) < 4.78 is 1.07. The number of halogens is 1. The average molecular weight is 402 g/mol. The molecule has 1 fully saturated rings. The third kappa shape index (κ3) is 5.18. The molecule has 2 amide bonds. The highest BCUT2D eigenvalue weighted by atomic mass is 127. The summed E-state index contributed by atoms with van der Waals surface area (Å²) >= 11 is 2.21. The Hall–Kier alpha value is -1.31. The summed E-state index contributed by atoms with van der Waals surface area (Å²) in [6, 6.07) is 7.57. The Morgan fingerprint density at radius 1 is 1.43 bits per heavy atom. The van der Waals surface area contributed by atoms with E-state index in [0.717, 1.165) is 28.6 Å². The van der Waals surface area contributed by atoms with Gasteiger partial charge in [-0.15, -0.1) is 0 Å². The minimum absolute atomic E-state index is 0.1000. The molecule has 1 aromatic rings. The van der Waals surface area contributed by atoms with E-state index in [9.17, 15) is 9.59 Å². The molecule has 5 nitrogen and oxygen atoms in total. The maximum Gasteiger partial charge on any atom is 0.321 e. The standard InChI is InChI=1S/C15H19IN2O3/c16-12-4-1-5-13(9-12)17-15(21)18-8-2-3-11(10-18)6-7-14(19)20/h1,4-5,9,11H,2-3,6-8,10H2,(H,17,21)(H,19,20). The van der Waals surface area contributed by atoms with Crippen LogP contribution in [0, 0.1) is 9.49 Å². The summed E-state index contributed by atoms with van der Waals surface area (Å²) in [5.41, 5.74) is 0.791. The van der Waals surface area contributed by atoms with Gasteiger partial charge in [0.1, 0.15) is 0 Å². The van der Waals surface area contributed by atoms with Crippen molar-refractivity contribution in [3.8, 4) is 0 Å². The van der Waals surface area contributed by atoms with Gasteiger partial charge in [0.2, 0.25) is 0 Å². The molecule has 1 heterocycles. The number of carbonyl (C=O) groups is 2. The van der Waals surface area contributed by atoms with Crippen LogP contribution in [0.4, 0.5) is 10.5 Å². The van der Waals surface area contributed by atoms with Gasteiger partial charge in [-0.25, -0.2) is 4.79 Å². The highest BCUT2D eigenvalue weighted by molar-refractivity contribution is 14.1. The Bertz CT molecular complexity index is 521. The lowest BCUT2D eigenvalue weighted by Crippen LogP contribution is -2.42. The zero-order chi connectivity index (χ0) is 15.2. The Labute approximate surface area is 137 Å². The predicted molar refractivity (Wildman–Crippen MR) is 89.3 cm³/mol. The van der Waals surface area contributed by atoms with Crippen LogP contribution in [0.3, 0.4) is 0 Å². The molecule has 2 N–H and O–H groups in total. The lowest BCUT2D eigenvalue weighted by Gasteiger charge is -2.32. The van der Waals surface area contributed by atoms with Crippen LogP contribution in [0.25, 0.3) is 0 Å². The molecule has 0 spiro atoms. The van der Waals surface area contributed by atoms with Crippen LogP contribution < -0.4 is 5.32 Å². The van der Waals surface area contributed by atoms with Crippen LogP contribution >= 0.6 is 22.6 Å². The summed E-state index contributed by atoms with van der Waals surface area (Å²) in [5.74, 6) is -0.480. The van der Waals surface area contributed by atoms with E-state index in [-0.39, 0.29) is 18.4 Å². The van der Waals surface area contributed by atoms with E-state index in [1.165, 1.54) is 0 Å². The number of rotatable bonds is 4. The fourth-order valence-electron chi connectivity index (χ4n) is 2.58. The largest absolute Gasteiger partial charge is 0.481 e. The van der Waals surface area contributed by atoms with Crippen molar-refractivity contribution < 1.29 is 14.7 Å². The van der Waals surface area contributed by atoms with Crippen molar-refractivity contribution in [1.29, 1.82) is 0 Å². The minimum Gasteiger partial charge on any atom is -0.481 e. The summed E-state index contributed by atoms with van der Waals surface area (Å²) in [4.78, 5) is 24.7. The number of nitrogens with zero attached hydrogens (tertiary/aromatic N) is 1. The monoisotopic (exact) mass is 402 g/mol. The van der Waals surface area contributed by atoms with E-state index in [4.69, 9.17) is 5.11 Å². The highest BCUT2D eigenvalue weighted by Crippen LogP contribution is 2.22. The van der Waals surface area contributed by atoms with Crippen molar-refractivity contribution >= 4 is 40.3 Å². The zero-order valence-corrected chi connectivity index (χ0v) is 13.9. The second-order valence-corrected chi connectivity index (χ2v) is 6.57. The number of urea groups is 1. The molecular weight excluding hydrogens is 383 g/mol. The van der Waals surface area contributed by atoms with Crippen molar-refractivity contribution in [2.24, 2.45) is 5.92 Å². The molecule has 2 rings (SSSR count). The Balaban J connectivity index is 1.88. The molecule has 114 valence electrons. The summed E-state index contributed by atoms with van der Waals surface area (Å²) in [6.45, 7) is 1.38. The first kappa shape index (κ1) is 16.1. The Morgan fingerprint density at radius 3 is 2.95 bits per heavy atom. The number of likely N-dealkylation sites (tertiary alicyclic amines) is 1. The van der Waals surface area contributed by atoms with Crippen LogP contribution in [-0.4, -0.2) is 35.1 Å². The SMILES string of the molecule is O=C(O)CCC1CCCN(C(=O)Nc2cccc(I)c2)C1. The van der Waals surface area contributed by atoms with Gasteiger partial charge in [0.15, 0.2) is 0 Å². The molecule has 1 unspecified atom stereocenters. The summed E-state index contributed by atoms with van der Waals surface area (Å²) in [5, 5.41) is 11.7. The first-order valence-electron chi connectivity index (χ1n) is 7.08. The number of carboxylic acid groups (broad SMARTS) is 1. The lowest BCUT2D eigenvalue weighted by atomic mass is 9.93. The summed E-state index contributed by atoms with van der Waals surface area (Å²) in [7, 11) is 0. The topological polar surface area (TPSA) is 69.6 Å². The molecular formula is C15H19IN2O3. The molecule has 0 aliphatic carbocycles. The third-order valence-corrected chi connectivity index (χ3v) is 4.32. The second kappa shape index (κ2) is 7.63. The second-order valence-electron chi connectivity index (χ2n) is 5.33.